The second-order valence-corrected chi connectivity index (χ2v) is 4.49. The number of alkyl halides is 2. The van der Waals surface area contributed by atoms with Crippen molar-refractivity contribution in [2.45, 2.75) is 44.6 Å². The zero-order valence-corrected chi connectivity index (χ0v) is 10.1. The number of halogens is 2. The highest BCUT2D eigenvalue weighted by Gasteiger charge is 2.19. The van der Waals surface area contributed by atoms with Crippen molar-refractivity contribution in [3.8, 4) is 0 Å². The molecule has 1 aromatic rings. The molecule has 0 amide bonds. The van der Waals surface area contributed by atoms with Crippen LogP contribution in [0.2, 0.25) is 0 Å². The van der Waals surface area contributed by atoms with E-state index in [0.29, 0.717) is 5.82 Å². The molecule has 100 valence electrons. The molecule has 1 unspecified atom stereocenters. The van der Waals surface area contributed by atoms with Crippen LogP contribution in [-0.2, 0) is 12.8 Å². The summed E-state index contributed by atoms with van der Waals surface area (Å²) in [4.78, 5) is 8.33. The van der Waals surface area contributed by atoms with E-state index in [4.69, 9.17) is 5.11 Å². The number of fused-ring (bicyclic) bond motifs is 1. The van der Waals surface area contributed by atoms with Gasteiger partial charge >= 0.3 is 0 Å². The van der Waals surface area contributed by atoms with E-state index < -0.39 is 12.5 Å². The molecular formula is C12H17F2N3O. The number of aliphatic hydroxyl groups excluding tert-OH is 1. The average molecular weight is 257 g/mol. The molecule has 1 aromatic heterocycles. The Morgan fingerprint density at radius 2 is 2.00 bits per heavy atom. The van der Waals surface area contributed by atoms with Crippen LogP contribution in [0.5, 0.6) is 0 Å². The van der Waals surface area contributed by atoms with Crippen molar-refractivity contribution >= 4 is 5.82 Å². The zero-order valence-electron chi connectivity index (χ0n) is 10.1. The third kappa shape index (κ3) is 3.13. The van der Waals surface area contributed by atoms with Gasteiger partial charge in [-0.05, 0) is 25.7 Å². The summed E-state index contributed by atoms with van der Waals surface area (Å²) in [5, 5.41) is 11.9. The van der Waals surface area contributed by atoms with Crippen molar-refractivity contribution in [2.24, 2.45) is 0 Å². The summed E-state index contributed by atoms with van der Waals surface area (Å²) in [5.74, 6) is 0.585. The van der Waals surface area contributed by atoms with Gasteiger partial charge in [-0.15, -0.1) is 0 Å². The SMILES string of the molecule is OC(CNc1ncnc2c1CCCCC2)C(F)F. The molecule has 1 heterocycles. The maximum atomic E-state index is 12.2. The number of aromatic nitrogens is 2. The summed E-state index contributed by atoms with van der Waals surface area (Å²) in [6, 6.07) is 0. The third-order valence-electron chi connectivity index (χ3n) is 3.14. The summed E-state index contributed by atoms with van der Waals surface area (Å²) < 4.78 is 24.4. The van der Waals surface area contributed by atoms with Crippen LogP contribution < -0.4 is 5.32 Å². The molecule has 0 saturated heterocycles. The molecule has 1 atom stereocenters. The van der Waals surface area contributed by atoms with Crippen LogP contribution in [0, 0.1) is 0 Å². The molecule has 4 nitrogen and oxygen atoms in total. The minimum atomic E-state index is -2.74. The first-order valence-corrected chi connectivity index (χ1v) is 6.21. The maximum absolute atomic E-state index is 12.2. The zero-order chi connectivity index (χ0) is 13.0. The molecule has 0 aromatic carbocycles. The number of anilines is 1. The van der Waals surface area contributed by atoms with Gasteiger partial charge in [-0.2, -0.15) is 0 Å². The Bertz CT molecular complexity index is 401. The highest BCUT2D eigenvalue weighted by molar-refractivity contribution is 5.46. The first-order valence-electron chi connectivity index (χ1n) is 6.21. The molecule has 2 N–H and O–H groups in total. The largest absolute Gasteiger partial charge is 0.385 e. The Morgan fingerprint density at radius 3 is 2.78 bits per heavy atom. The fourth-order valence-corrected chi connectivity index (χ4v) is 2.14. The Hall–Kier alpha value is -1.30. The van der Waals surface area contributed by atoms with Crippen LogP contribution in [0.25, 0.3) is 0 Å². The van der Waals surface area contributed by atoms with Crippen molar-refractivity contribution in [1.29, 1.82) is 0 Å². The van der Waals surface area contributed by atoms with Crippen LogP contribution in [0.3, 0.4) is 0 Å². The number of nitrogens with zero attached hydrogens (tertiary/aromatic N) is 2. The van der Waals surface area contributed by atoms with Crippen LogP contribution in [0.1, 0.15) is 30.5 Å². The number of rotatable bonds is 4. The van der Waals surface area contributed by atoms with E-state index in [9.17, 15) is 8.78 Å². The lowest BCUT2D eigenvalue weighted by Crippen LogP contribution is -2.27. The number of aliphatic hydroxyl groups is 1. The molecule has 0 fully saturated rings. The molecule has 2 rings (SSSR count). The predicted molar refractivity (Wildman–Crippen MR) is 63.8 cm³/mol. The van der Waals surface area contributed by atoms with Crippen LogP contribution >= 0.6 is 0 Å². The normalized spacial score (nSPS) is 17.1. The topological polar surface area (TPSA) is 58.0 Å². The number of hydrogen-bond donors (Lipinski definition) is 2. The van der Waals surface area contributed by atoms with Gasteiger partial charge in [0.1, 0.15) is 18.2 Å². The van der Waals surface area contributed by atoms with Crippen LogP contribution in [0.15, 0.2) is 6.33 Å². The minimum Gasteiger partial charge on any atom is -0.385 e. The van der Waals surface area contributed by atoms with E-state index in [0.717, 1.165) is 43.4 Å². The first kappa shape index (κ1) is 13.1. The summed E-state index contributed by atoms with van der Waals surface area (Å²) in [6.45, 7) is -0.193. The maximum Gasteiger partial charge on any atom is 0.265 e. The number of hydrogen-bond acceptors (Lipinski definition) is 4. The molecule has 0 aliphatic heterocycles. The van der Waals surface area contributed by atoms with E-state index in [-0.39, 0.29) is 6.54 Å². The Morgan fingerprint density at radius 1 is 1.22 bits per heavy atom. The van der Waals surface area contributed by atoms with Gasteiger partial charge in [-0.25, -0.2) is 18.7 Å². The quantitative estimate of drug-likeness (QED) is 0.807. The van der Waals surface area contributed by atoms with Gasteiger partial charge in [0.2, 0.25) is 0 Å². The second-order valence-electron chi connectivity index (χ2n) is 4.49. The van der Waals surface area contributed by atoms with E-state index in [1.54, 1.807) is 0 Å². The molecule has 1 aliphatic rings. The fraction of sp³-hybridized carbons (Fsp3) is 0.667. The molecule has 1 aliphatic carbocycles. The monoisotopic (exact) mass is 257 g/mol. The molecule has 6 heteroatoms. The minimum absolute atomic E-state index is 0.193. The lowest BCUT2D eigenvalue weighted by molar-refractivity contribution is 0.00379. The van der Waals surface area contributed by atoms with Gasteiger partial charge in [0.05, 0.1) is 0 Å². The van der Waals surface area contributed by atoms with E-state index in [1.807, 2.05) is 0 Å². The molecule has 0 spiro atoms. The van der Waals surface area contributed by atoms with Gasteiger partial charge in [0.15, 0.2) is 0 Å². The van der Waals surface area contributed by atoms with E-state index in [2.05, 4.69) is 15.3 Å². The Kier molecular flexibility index (Phi) is 4.41. The molecule has 0 saturated carbocycles. The van der Waals surface area contributed by atoms with Crippen molar-refractivity contribution in [3.63, 3.8) is 0 Å². The molecule has 18 heavy (non-hydrogen) atoms. The van der Waals surface area contributed by atoms with Crippen molar-refractivity contribution in [2.75, 3.05) is 11.9 Å². The molecular weight excluding hydrogens is 240 g/mol. The smallest absolute Gasteiger partial charge is 0.265 e. The number of aryl methyl sites for hydroxylation is 1. The lowest BCUT2D eigenvalue weighted by atomic mass is 10.1. The third-order valence-corrected chi connectivity index (χ3v) is 3.14. The summed E-state index contributed by atoms with van der Waals surface area (Å²) >= 11 is 0. The van der Waals surface area contributed by atoms with Crippen LogP contribution in [0.4, 0.5) is 14.6 Å². The Balaban J connectivity index is 2.08. The summed E-state index contributed by atoms with van der Waals surface area (Å²) in [5.41, 5.74) is 2.01. The second kappa shape index (κ2) is 6.04. The van der Waals surface area contributed by atoms with Crippen molar-refractivity contribution in [3.05, 3.63) is 17.6 Å². The van der Waals surface area contributed by atoms with E-state index >= 15 is 0 Å². The van der Waals surface area contributed by atoms with Gasteiger partial charge in [0, 0.05) is 17.8 Å². The van der Waals surface area contributed by atoms with Gasteiger partial charge in [0.25, 0.3) is 6.43 Å². The average Bonchev–Trinajstić information content (AvgIpc) is 2.61. The highest BCUT2D eigenvalue weighted by atomic mass is 19.3. The lowest BCUT2D eigenvalue weighted by Gasteiger charge is -2.14. The van der Waals surface area contributed by atoms with E-state index in [1.165, 1.54) is 6.33 Å². The predicted octanol–water partition coefficient (Wildman–Crippen LogP) is 1.78. The highest BCUT2D eigenvalue weighted by Crippen LogP contribution is 2.23. The van der Waals surface area contributed by atoms with Gasteiger partial charge in [-0.3, -0.25) is 0 Å². The molecule has 0 radical (unpaired) electrons. The Labute approximate surface area is 104 Å². The van der Waals surface area contributed by atoms with Crippen molar-refractivity contribution in [1.82, 2.24) is 9.97 Å². The van der Waals surface area contributed by atoms with Crippen molar-refractivity contribution < 1.29 is 13.9 Å². The summed E-state index contributed by atoms with van der Waals surface area (Å²) in [6.07, 6.45) is 2.12. The van der Waals surface area contributed by atoms with Gasteiger partial charge < -0.3 is 10.4 Å². The fourth-order valence-electron chi connectivity index (χ4n) is 2.14. The van der Waals surface area contributed by atoms with Crippen LogP contribution in [-0.4, -0.2) is 34.1 Å². The standard InChI is InChI=1S/C12H17F2N3O/c13-11(14)10(18)6-15-12-8-4-2-1-3-5-9(8)16-7-17-12/h7,10-11,18H,1-6H2,(H,15,16,17). The summed E-state index contributed by atoms with van der Waals surface area (Å²) in [7, 11) is 0. The first-order chi connectivity index (χ1) is 8.68. The number of nitrogens with one attached hydrogen (secondary N) is 1. The van der Waals surface area contributed by atoms with Gasteiger partial charge in [-0.1, -0.05) is 6.42 Å². The molecule has 0 bridgehead atoms.